The van der Waals surface area contributed by atoms with Gasteiger partial charge >= 0.3 is 0 Å². The van der Waals surface area contributed by atoms with Crippen LogP contribution in [0.2, 0.25) is 0 Å². The molecule has 4 rings (SSSR count). The van der Waals surface area contributed by atoms with Crippen LogP contribution in [-0.4, -0.2) is 130 Å². The van der Waals surface area contributed by atoms with E-state index in [0.717, 1.165) is 32.6 Å². The van der Waals surface area contributed by atoms with Gasteiger partial charge in [0, 0.05) is 58.9 Å². The summed E-state index contributed by atoms with van der Waals surface area (Å²) in [6.07, 6.45) is -1.70. The van der Waals surface area contributed by atoms with E-state index in [1.165, 1.54) is 17.2 Å². The van der Waals surface area contributed by atoms with Gasteiger partial charge in [-0.05, 0) is 6.42 Å². The normalized spacial score (nSPS) is 25.5. The molecule has 0 saturated carbocycles. The minimum atomic E-state index is -1.50. The van der Waals surface area contributed by atoms with Crippen LogP contribution >= 0.6 is 0 Å². The van der Waals surface area contributed by atoms with Crippen molar-refractivity contribution in [3.05, 3.63) is 12.7 Å². The van der Waals surface area contributed by atoms with E-state index in [2.05, 4.69) is 41.5 Å². The van der Waals surface area contributed by atoms with E-state index < -0.39 is 30.4 Å². The number of hydrogen-bond donors (Lipinski definition) is 7. The number of nitrogens with one attached hydrogen (secondary N) is 5. The van der Waals surface area contributed by atoms with Crippen LogP contribution in [0.5, 0.6) is 0 Å². The van der Waals surface area contributed by atoms with Crippen molar-refractivity contribution in [2.45, 2.75) is 37.9 Å². The second-order valence-electron chi connectivity index (χ2n) is 9.25. The van der Waals surface area contributed by atoms with Crippen molar-refractivity contribution in [3.63, 3.8) is 0 Å². The molecular weight excluding hydrogens is 496 g/mol. The Labute approximate surface area is 220 Å². The number of imidazole rings is 1. The Bertz CT molecular complexity index is 1060. The number of carbonyl (C=O) groups excluding carboxylic acids is 2. The molecule has 210 valence electrons. The average molecular weight is 535 g/mol. The summed E-state index contributed by atoms with van der Waals surface area (Å²) in [6, 6.07) is 0. The number of hydrogen-bond acceptors (Lipinski definition) is 12. The highest BCUT2D eigenvalue weighted by Crippen LogP contribution is 2.32. The number of anilines is 1. The molecule has 2 aromatic heterocycles. The Morgan fingerprint density at radius 1 is 1.03 bits per heavy atom. The number of aliphatic hydroxyl groups excluding tert-OH is 2. The lowest BCUT2D eigenvalue weighted by Gasteiger charge is -2.24. The van der Waals surface area contributed by atoms with Crippen LogP contribution in [0.25, 0.3) is 11.2 Å². The highest BCUT2D eigenvalue weighted by Gasteiger charge is 2.47. The Balaban J connectivity index is 1.36. The number of aliphatic hydroxyl groups is 2. The smallest absolute Gasteiger partial charge is 0.252 e. The SMILES string of the molecule is CCCNc1ncnc2c1ncn2[C@@H]1O[C@H](C(=O)NCC(=O)N2CCNCCNCCNCC2)[C@@H](O)[C@H]1O. The molecule has 2 amide bonds. The topological polar surface area (TPSA) is 191 Å². The molecule has 0 radical (unpaired) electrons. The van der Waals surface area contributed by atoms with E-state index in [9.17, 15) is 19.8 Å². The molecule has 38 heavy (non-hydrogen) atoms. The molecule has 2 fully saturated rings. The first kappa shape index (κ1) is 28.1. The lowest BCUT2D eigenvalue weighted by Crippen LogP contribution is -2.49. The molecular formula is C23H38N10O5. The van der Waals surface area contributed by atoms with Gasteiger partial charge < -0.3 is 46.4 Å². The Morgan fingerprint density at radius 2 is 1.71 bits per heavy atom. The molecule has 15 heteroatoms. The largest absolute Gasteiger partial charge is 0.387 e. The Kier molecular flexibility index (Phi) is 10.1. The van der Waals surface area contributed by atoms with Crippen LogP contribution in [0.15, 0.2) is 12.7 Å². The minimum Gasteiger partial charge on any atom is -0.387 e. The predicted octanol–water partition coefficient (Wildman–Crippen LogP) is -3.01. The van der Waals surface area contributed by atoms with E-state index in [-0.39, 0.29) is 12.5 Å². The lowest BCUT2D eigenvalue weighted by molar-refractivity contribution is -0.140. The fourth-order valence-corrected chi connectivity index (χ4v) is 4.41. The van der Waals surface area contributed by atoms with Crippen molar-refractivity contribution < 1.29 is 24.5 Å². The van der Waals surface area contributed by atoms with Crippen molar-refractivity contribution in [3.8, 4) is 0 Å². The zero-order valence-electron chi connectivity index (χ0n) is 21.6. The lowest BCUT2D eigenvalue weighted by atomic mass is 10.1. The van der Waals surface area contributed by atoms with Gasteiger partial charge in [-0.2, -0.15) is 0 Å². The number of carbonyl (C=O) groups is 2. The quantitative estimate of drug-likeness (QED) is 0.191. The summed E-state index contributed by atoms with van der Waals surface area (Å²) < 4.78 is 7.24. The van der Waals surface area contributed by atoms with Gasteiger partial charge in [0.1, 0.15) is 18.5 Å². The molecule has 0 spiro atoms. The molecule has 0 aliphatic carbocycles. The van der Waals surface area contributed by atoms with Crippen LogP contribution in [0.3, 0.4) is 0 Å². The zero-order valence-corrected chi connectivity index (χ0v) is 21.6. The van der Waals surface area contributed by atoms with Crippen LogP contribution in [0.1, 0.15) is 19.6 Å². The van der Waals surface area contributed by atoms with Gasteiger partial charge in [0.15, 0.2) is 29.3 Å². The maximum Gasteiger partial charge on any atom is 0.252 e. The Hall–Kier alpha value is -2.95. The highest BCUT2D eigenvalue weighted by atomic mass is 16.6. The zero-order chi connectivity index (χ0) is 26.9. The average Bonchev–Trinajstić information content (AvgIpc) is 3.47. The molecule has 2 aliphatic heterocycles. The second kappa shape index (κ2) is 13.7. The van der Waals surface area contributed by atoms with E-state index in [4.69, 9.17) is 4.74 Å². The van der Waals surface area contributed by atoms with Crippen molar-refractivity contribution in [2.75, 3.05) is 70.8 Å². The first-order chi connectivity index (χ1) is 18.5. The fourth-order valence-electron chi connectivity index (χ4n) is 4.41. The molecule has 4 heterocycles. The summed E-state index contributed by atoms with van der Waals surface area (Å²) in [5.41, 5.74) is 0.871. The summed E-state index contributed by atoms with van der Waals surface area (Å²) in [6.45, 7) is 8.05. The molecule has 2 aliphatic rings. The fraction of sp³-hybridized carbons (Fsp3) is 0.696. The Morgan fingerprint density at radius 3 is 2.39 bits per heavy atom. The standard InChI is InChI=1S/C23H38N10O5/c1-2-3-27-20-16-21(30-13-29-20)33(14-31-16)23-18(36)17(35)19(38-23)22(37)28-12-15(34)32-10-8-25-6-4-24-5-7-26-9-11-32/h13-14,17-19,23-26,35-36H,2-12H2,1H3,(H,28,37)(H,27,29,30)/t17-,18+,19-,23+/m0/s1. The van der Waals surface area contributed by atoms with Crippen LogP contribution in [0, 0.1) is 0 Å². The molecule has 0 aromatic carbocycles. The third-order valence-electron chi connectivity index (χ3n) is 6.51. The van der Waals surface area contributed by atoms with Gasteiger partial charge in [0.05, 0.1) is 12.9 Å². The summed E-state index contributed by atoms with van der Waals surface area (Å²) in [5, 5.41) is 36.9. The van der Waals surface area contributed by atoms with Gasteiger partial charge in [-0.3, -0.25) is 14.2 Å². The summed E-state index contributed by atoms with van der Waals surface area (Å²) >= 11 is 0. The van der Waals surface area contributed by atoms with Crippen LogP contribution in [-0.2, 0) is 14.3 Å². The van der Waals surface area contributed by atoms with Gasteiger partial charge in [-0.1, -0.05) is 6.92 Å². The van der Waals surface area contributed by atoms with E-state index >= 15 is 0 Å². The van der Waals surface area contributed by atoms with Gasteiger partial charge in [0.2, 0.25) is 5.91 Å². The summed E-state index contributed by atoms with van der Waals surface area (Å²) in [4.78, 5) is 40.2. The maximum absolute atomic E-state index is 12.9. The molecule has 2 saturated heterocycles. The van der Waals surface area contributed by atoms with Crippen molar-refractivity contribution in [1.29, 1.82) is 0 Å². The summed E-state index contributed by atoms with van der Waals surface area (Å²) in [7, 11) is 0. The minimum absolute atomic E-state index is 0.244. The first-order valence-electron chi connectivity index (χ1n) is 13.1. The number of nitrogens with zero attached hydrogens (tertiary/aromatic N) is 5. The maximum atomic E-state index is 12.9. The molecule has 4 atom stereocenters. The predicted molar refractivity (Wildman–Crippen MR) is 138 cm³/mol. The third kappa shape index (κ3) is 6.73. The number of aromatic nitrogens is 4. The van der Waals surface area contributed by atoms with Gasteiger partial charge in [-0.25, -0.2) is 15.0 Å². The van der Waals surface area contributed by atoms with Crippen molar-refractivity contribution in [1.82, 2.24) is 45.7 Å². The third-order valence-corrected chi connectivity index (χ3v) is 6.51. The molecule has 0 bridgehead atoms. The molecule has 7 N–H and O–H groups in total. The van der Waals surface area contributed by atoms with Crippen molar-refractivity contribution in [2.24, 2.45) is 0 Å². The number of ether oxygens (including phenoxy) is 1. The highest BCUT2D eigenvalue weighted by molar-refractivity contribution is 5.87. The van der Waals surface area contributed by atoms with Crippen LogP contribution < -0.4 is 26.6 Å². The van der Waals surface area contributed by atoms with Crippen molar-refractivity contribution >= 4 is 28.8 Å². The number of rotatable bonds is 7. The monoisotopic (exact) mass is 534 g/mol. The van der Waals surface area contributed by atoms with Gasteiger partial charge in [-0.15, -0.1) is 0 Å². The molecule has 15 nitrogen and oxygen atoms in total. The second-order valence-corrected chi connectivity index (χ2v) is 9.25. The van der Waals surface area contributed by atoms with E-state index in [1.807, 2.05) is 6.92 Å². The number of amides is 2. The molecule has 0 unspecified atom stereocenters. The molecule has 2 aromatic rings. The van der Waals surface area contributed by atoms with E-state index in [0.29, 0.717) is 49.7 Å². The van der Waals surface area contributed by atoms with Crippen LogP contribution in [0.4, 0.5) is 5.82 Å². The summed E-state index contributed by atoms with van der Waals surface area (Å²) in [5.74, 6) is -0.389. The first-order valence-corrected chi connectivity index (χ1v) is 13.1. The number of fused-ring (bicyclic) bond motifs is 1. The van der Waals surface area contributed by atoms with E-state index in [1.54, 1.807) is 4.90 Å². The van der Waals surface area contributed by atoms with Gasteiger partial charge in [0.25, 0.3) is 5.91 Å².